The lowest BCUT2D eigenvalue weighted by atomic mass is 9.84. The number of nitrogens with two attached hydrogens (primary N) is 1. The van der Waals surface area contributed by atoms with E-state index >= 15 is 0 Å². The molecule has 96 valence electrons. The Morgan fingerprint density at radius 2 is 1.88 bits per heavy atom. The molecule has 1 aliphatic heterocycles. The Hall–Kier alpha value is -0.490. The molecule has 0 aliphatic carbocycles. The van der Waals surface area contributed by atoms with E-state index < -0.39 is 17.3 Å². The van der Waals surface area contributed by atoms with E-state index in [0.717, 1.165) is 6.07 Å². The minimum atomic E-state index is -4.44. The van der Waals surface area contributed by atoms with Gasteiger partial charge in [0.1, 0.15) is 0 Å². The number of nitrogens with one attached hydrogen (secondary N) is 1. The van der Waals surface area contributed by atoms with E-state index in [9.17, 15) is 13.2 Å². The molecule has 2 rings (SSSR count). The first kappa shape index (κ1) is 14.6. The molecule has 0 spiro atoms. The van der Waals surface area contributed by atoms with E-state index in [-0.39, 0.29) is 17.4 Å². The van der Waals surface area contributed by atoms with Gasteiger partial charge in [-0.3, -0.25) is 0 Å². The van der Waals surface area contributed by atoms with Crippen molar-refractivity contribution >= 4 is 24.0 Å². The van der Waals surface area contributed by atoms with Crippen molar-refractivity contribution in [2.75, 3.05) is 13.1 Å². The molecule has 3 N–H and O–H groups in total. The normalized spacial score (nSPS) is 18.2. The predicted molar refractivity (Wildman–Crippen MR) is 62.4 cm³/mol. The second-order valence-electron chi connectivity index (χ2n) is 3.92. The van der Waals surface area contributed by atoms with E-state index in [1.165, 1.54) is 6.07 Å². The van der Waals surface area contributed by atoms with E-state index in [1.54, 1.807) is 6.07 Å². The standard InChI is InChI=1S/C10H10ClF3N2.ClH/c11-8-6(9(15)4-16-5-9)2-1-3-7(8)10(12,13)14;/h1-3,16H,4-5,15H2;1H. The predicted octanol–water partition coefficient (Wildman–Crippen LogP) is 2.54. The van der Waals surface area contributed by atoms with Gasteiger partial charge in [0.2, 0.25) is 0 Å². The fraction of sp³-hybridized carbons (Fsp3) is 0.400. The van der Waals surface area contributed by atoms with Crippen molar-refractivity contribution in [2.45, 2.75) is 11.7 Å². The minimum absolute atomic E-state index is 0. The zero-order valence-electron chi connectivity index (χ0n) is 8.64. The summed E-state index contributed by atoms with van der Waals surface area (Å²) in [6, 6.07) is 3.83. The van der Waals surface area contributed by atoms with Gasteiger partial charge in [-0.15, -0.1) is 12.4 Å². The maximum Gasteiger partial charge on any atom is 0.417 e. The third-order valence-electron chi connectivity index (χ3n) is 2.72. The molecular formula is C10H11Cl2F3N2. The first-order valence-electron chi connectivity index (χ1n) is 4.70. The highest BCUT2D eigenvalue weighted by Gasteiger charge is 2.40. The third-order valence-corrected chi connectivity index (χ3v) is 3.13. The Morgan fingerprint density at radius 3 is 2.29 bits per heavy atom. The second kappa shape index (κ2) is 4.65. The Bertz CT molecular complexity index is 417. The fourth-order valence-electron chi connectivity index (χ4n) is 1.72. The Morgan fingerprint density at radius 1 is 1.29 bits per heavy atom. The van der Waals surface area contributed by atoms with Crippen LogP contribution in [0.3, 0.4) is 0 Å². The zero-order valence-corrected chi connectivity index (χ0v) is 10.2. The van der Waals surface area contributed by atoms with Gasteiger partial charge < -0.3 is 11.1 Å². The van der Waals surface area contributed by atoms with Gasteiger partial charge in [0.05, 0.1) is 16.1 Å². The molecule has 7 heteroatoms. The summed E-state index contributed by atoms with van der Waals surface area (Å²) in [6.45, 7) is 0.877. The number of hydrogen-bond donors (Lipinski definition) is 2. The molecule has 0 unspecified atom stereocenters. The van der Waals surface area contributed by atoms with Crippen LogP contribution in [0.5, 0.6) is 0 Å². The monoisotopic (exact) mass is 286 g/mol. The van der Waals surface area contributed by atoms with Crippen LogP contribution in [-0.2, 0) is 11.7 Å². The van der Waals surface area contributed by atoms with Crippen LogP contribution in [0.4, 0.5) is 13.2 Å². The summed E-state index contributed by atoms with van der Waals surface area (Å²) in [6.07, 6.45) is -4.44. The first-order chi connectivity index (χ1) is 7.34. The minimum Gasteiger partial charge on any atom is -0.319 e. The lowest BCUT2D eigenvalue weighted by Crippen LogP contribution is -2.62. The van der Waals surface area contributed by atoms with Gasteiger partial charge >= 0.3 is 6.18 Å². The molecule has 1 aromatic carbocycles. The van der Waals surface area contributed by atoms with Crippen LogP contribution < -0.4 is 11.1 Å². The van der Waals surface area contributed by atoms with Gasteiger partial charge in [0.25, 0.3) is 0 Å². The molecule has 1 aliphatic rings. The van der Waals surface area contributed by atoms with Gasteiger partial charge in [-0.25, -0.2) is 0 Å². The molecule has 0 atom stereocenters. The summed E-state index contributed by atoms with van der Waals surface area (Å²) < 4.78 is 37.8. The van der Waals surface area contributed by atoms with Gasteiger partial charge in [0, 0.05) is 13.1 Å². The molecule has 17 heavy (non-hydrogen) atoms. The van der Waals surface area contributed by atoms with Crippen molar-refractivity contribution in [3.05, 3.63) is 34.3 Å². The molecule has 1 heterocycles. The maximum atomic E-state index is 12.6. The first-order valence-corrected chi connectivity index (χ1v) is 5.08. The summed E-state index contributed by atoms with van der Waals surface area (Å²) in [5.41, 5.74) is 4.66. The topological polar surface area (TPSA) is 38.0 Å². The van der Waals surface area contributed by atoms with E-state index in [1.807, 2.05) is 0 Å². The van der Waals surface area contributed by atoms with Crippen LogP contribution in [0.15, 0.2) is 18.2 Å². The highest BCUT2D eigenvalue weighted by Crippen LogP contribution is 2.39. The summed E-state index contributed by atoms with van der Waals surface area (Å²) in [4.78, 5) is 0. The zero-order chi connectivity index (χ0) is 12.0. The van der Waals surface area contributed by atoms with Crippen molar-refractivity contribution in [3.63, 3.8) is 0 Å². The van der Waals surface area contributed by atoms with Gasteiger partial charge in [-0.1, -0.05) is 23.7 Å². The molecule has 1 saturated heterocycles. The number of hydrogen-bond acceptors (Lipinski definition) is 2. The molecule has 0 radical (unpaired) electrons. The van der Waals surface area contributed by atoms with Crippen LogP contribution in [0.2, 0.25) is 5.02 Å². The van der Waals surface area contributed by atoms with Gasteiger partial charge in [0.15, 0.2) is 0 Å². The molecule has 0 aromatic heterocycles. The van der Waals surface area contributed by atoms with E-state index in [2.05, 4.69) is 5.32 Å². The molecule has 1 fully saturated rings. The Labute approximate surface area is 108 Å². The van der Waals surface area contributed by atoms with Crippen molar-refractivity contribution in [3.8, 4) is 0 Å². The Kier molecular flexibility index (Phi) is 3.98. The fourth-order valence-corrected chi connectivity index (χ4v) is 2.14. The number of halogens is 5. The second-order valence-corrected chi connectivity index (χ2v) is 4.30. The van der Waals surface area contributed by atoms with Crippen LogP contribution >= 0.6 is 24.0 Å². The summed E-state index contributed by atoms with van der Waals surface area (Å²) in [7, 11) is 0. The summed E-state index contributed by atoms with van der Waals surface area (Å²) in [5, 5.41) is 2.63. The molecule has 2 nitrogen and oxygen atoms in total. The molecular weight excluding hydrogens is 276 g/mol. The highest BCUT2D eigenvalue weighted by atomic mass is 35.5. The molecule has 0 amide bonds. The van der Waals surface area contributed by atoms with Crippen molar-refractivity contribution < 1.29 is 13.2 Å². The Balaban J connectivity index is 0.00000144. The average molecular weight is 287 g/mol. The number of benzene rings is 1. The molecule has 0 bridgehead atoms. The lowest BCUT2D eigenvalue weighted by Gasteiger charge is -2.40. The number of rotatable bonds is 1. The summed E-state index contributed by atoms with van der Waals surface area (Å²) in [5.74, 6) is 0. The van der Waals surface area contributed by atoms with Gasteiger partial charge in [-0.05, 0) is 11.6 Å². The largest absolute Gasteiger partial charge is 0.417 e. The van der Waals surface area contributed by atoms with E-state index in [0.29, 0.717) is 18.7 Å². The summed E-state index contributed by atoms with van der Waals surface area (Å²) >= 11 is 5.76. The van der Waals surface area contributed by atoms with Crippen LogP contribution in [0.1, 0.15) is 11.1 Å². The van der Waals surface area contributed by atoms with Crippen molar-refractivity contribution in [1.29, 1.82) is 0 Å². The van der Waals surface area contributed by atoms with Gasteiger partial charge in [-0.2, -0.15) is 13.2 Å². The highest BCUT2D eigenvalue weighted by molar-refractivity contribution is 6.32. The van der Waals surface area contributed by atoms with E-state index in [4.69, 9.17) is 17.3 Å². The maximum absolute atomic E-state index is 12.6. The third kappa shape index (κ3) is 2.52. The lowest BCUT2D eigenvalue weighted by molar-refractivity contribution is -0.137. The average Bonchev–Trinajstić information content (AvgIpc) is 2.13. The smallest absolute Gasteiger partial charge is 0.319 e. The SMILES string of the molecule is Cl.NC1(c2cccc(C(F)(F)F)c2Cl)CNC1. The van der Waals surface area contributed by atoms with Crippen LogP contribution in [0.25, 0.3) is 0 Å². The molecule has 0 saturated carbocycles. The quantitative estimate of drug-likeness (QED) is 0.833. The number of alkyl halides is 3. The van der Waals surface area contributed by atoms with Crippen LogP contribution in [-0.4, -0.2) is 13.1 Å². The van der Waals surface area contributed by atoms with Crippen LogP contribution in [0, 0.1) is 0 Å². The van der Waals surface area contributed by atoms with Crippen molar-refractivity contribution in [1.82, 2.24) is 5.32 Å². The molecule has 1 aromatic rings. The van der Waals surface area contributed by atoms with Crippen molar-refractivity contribution in [2.24, 2.45) is 5.73 Å².